The number of carbonyl (C=O) groups excluding carboxylic acids is 1. The first-order chi connectivity index (χ1) is 15.1. The highest BCUT2D eigenvalue weighted by atomic mass is 16.4. The van der Waals surface area contributed by atoms with Crippen LogP contribution in [0.3, 0.4) is 0 Å². The molecule has 0 aromatic heterocycles. The second-order valence-electron chi connectivity index (χ2n) is 8.22. The Morgan fingerprint density at radius 1 is 0.742 bits per heavy atom. The van der Waals surface area contributed by atoms with Gasteiger partial charge in [0.25, 0.3) is 0 Å². The zero-order valence-electron chi connectivity index (χ0n) is 19.0. The van der Waals surface area contributed by atoms with E-state index in [4.69, 9.17) is 5.11 Å². The van der Waals surface area contributed by atoms with Gasteiger partial charge in [-0.25, -0.2) is 0 Å². The molecule has 0 bridgehead atoms. The van der Waals surface area contributed by atoms with Gasteiger partial charge in [-0.15, -0.1) is 0 Å². The molecule has 0 saturated heterocycles. The van der Waals surface area contributed by atoms with Gasteiger partial charge in [0.1, 0.15) is 18.6 Å². The number of phenolic OH excluding ortho intramolecular Hbond substituents is 1. The molecule has 0 amide bonds. The zero-order valence-corrected chi connectivity index (χ0v) is 19.0. The van der Waals surface area contributed by atoms with E-state index in [9.17, 15) is 14.7 Å². The number of rotatable bonds is 20. The molecule has 31 heavy (non-hydrogen) atoms. The van der Waals surface area contributed by atoms with Crippen molar-refractivity contribution >= 4 is 17.9 Å². The molecule has 5 heteroatoms. The van der Waals surface area contributed by atoms with Gasteiger partial charge in [-0.2, -0.15) is 0 Å². The number of aldehydes is 1. The van der Waals surface area contributed by atoms with Crippen LogP contribution in [0.25, 0.3) is 0 Å². The maximum absolute atomic E-state index is 11.1. The number of allylic oxidation sites excluding steroid dienone is 2. The van der Waals surface area contributed by atoms with Crippen LogP contribution in [0.5, 0.6) is 5.75 Å². The monoisotopic (exact) mass is 431 g/mol. The number of anilines is 1. The van der Waals surface area contributed by atoms with Crippen molar-refractivity contribution in [3.05, 3.63) is 36.4 Å². The van der Waals surface area contributed by atoms with Crippen LogP contribution >= 0.6 is 0 Å². The molecule has 0 atom stereocenters. The molecule has 2 N–H and O–H groups in total. The lowest BCUT2D eigenvalue weighted by atomic mass is 10.1. The quantitative estimate of drug-likeness (QED) is 0.140. The first kappa shape index (κ1) is 26.7. The van der Waals surface area contributed by atoms with Gasteiger partial charge in [-0.05, 0) is 62.8 Å². The highest BCUT2D eigenvalue weighted by Gasteiger charge is 2.10. The lowest BCUT2D eigenvalue weighted by Crippen LogP contribution is -2.30. The smallest absolute Gasteiger partial charge is 0.323 e. The summed E-state index contributed by atoms with van der Waals surface area (Å²) in [5, 5.41) is 18.5. The number of unbranched alkanes of at least 4 members (excludes halogenated alkanes) is 12. The molecule has 0 fully saturated rings. The Labute approximate surface area is 188 Å². The number of carboxylic acids is 1. The van der Waals surface area contributed by atoms with Crippen molar-refractivity contribution in [1.82, 2.24) is 0 Å². The third-order valence-electron chi connectivity index (χ3n) is 5.45. The summed E-state index contributed by atoms with van der Waals surface area (Å²) in [5.74, 6) is -0.646. The van der Waals surface area contributed by atoms with Gasteiger partial charge in [-0.1, -0.05) is 57.1 Å². The maximum Gasteiger partial charge on any atom is 0.323 e. The number of aromatic hydroxyl groups is 1. The van der Waals surface area contributed by atoms with Crippen LogP contribution in [-0.4, -0.2) is 35.6 Å². The zero-order chi connectivity index (χ0) is 22.6. The number of phenols is 1. The largest absolute Gasteiger partial charge is 0.508 e. The number of aliphatic carboxylic acids is 1. The standard InChI is InChI=1S/C26H41NO4/c28-22-16-14-12-10-8-6-4-2-1-3-5-7-9-11-13-15-21-27(23-26(30)31)24-17-19-25(29)20-18-24/h1-2,17-20,22,29H,3-16,21,23H2,(H,30,31)/b2-1-. The summed E-state index contributed by atoms with van der Waals surface area (Å²) in [7, 11) is 0. The Hall–Kier alpha value is -2.30. The van der Waals surface area contributed by atoms with E-state index < -0.39 is 5.97 Å². The molecule has 0 heterocycles. The Morgan fingerprint density at radius 2 is 1.23 bits per heavy atom. The number of carbonyl (C=O) groups is 2. The number of hydrogen-bond acceptors (Lipinski definition) is 4. The second-order valence-corrected chi connectivity index (χ2v) is 8.22. The van der Waals surface area contributed by atoms with Crippen LogP contribution in [0.2, 0.25) is 0 Å². The summed E-state index contributed by atoms with van der Waals surface area (Å²) >= 11 is 0. The fraction of sp³-hybridized carbons (Fsp3) is 0.615. The Balaban J connectivity index is 1.99. The maximum atomic E-state index is 11.1. The van der Waals surface area contributed by atoms with Crippen molar-refractivity contribution in [2.45, 2.75) is 89.9 Å². The predicted octanol–water partition coefficient (Wildman–Crippen LogP) is 6.50. The lowest BCUT2D eigenvalue weighted by Gasteiger charge is -2.23. The van der Waals surface area contributed by atoms with E-state index in [1.165, 1.54) is 57.8 Å². The molecular formula is C26H41NO4. The van der Waals surface area contributed by atoms with Gasteiger partial charge in [0.05, 0.1) is 0 Å². The third kappa shape index (κ3) is 15.2. The number of hydrogen-bond donors (Lipinski definition) is 2. The van der Waals surface area contributed by atoms with Crippen molar-refractivity contribution in [2.75, 3.05) is 18.0 Å². The lowest BCUT2D eigenvalue weighted by molar-refractivity contribution is -0.135. The third-order valence-corrected chi connectivity index (χ3v) is 5.45. The Kier molecular flexibility index (Phi) is 15.9. The molecule has 1 aromatic rings. The van der Waals surface area contributed by atoms with Crippen LogP contribution in [-0.2, 0) is 9.59 Å². The molecule has 0 spiro atoms. The fourth-order valence-corrected chi connectivity index (χ4v) is 3.65. The van der Waals surface area contributed by atoms with Crippen LogP contribution in [0.4, 0.5) is 5.69 Å². The summed E-state index contributed by atoms with van der Waals surface area (Å²) in [6, 6.07) is 6.72. The SMILES string of the molecule is O=CCCCCCCC/C=C\CCCCCCCCN(CC(=O)O)c1ccc(O)cc1. The molecule has 1 rings (SSSR count). The number of nitrogens with zero attached hydrogens (tertiary/aromatic N) is 1. The summed E-state index contributed by atoms with van der Waals surface area (Å²) < 4.78 is 0. The molecule has 174 valence electrons. The van der Waals surface area contributed by atoms with Crippen molar-refractivity contribution < 1.29 is 19.8 Å². The molecule has 0 saturated carbocycles. The molecule has 0 unspecified atom stereocenters. The second kappa shape index (κ2) is 18.5. The van der Waals surface area contributed by atoms with E-state index >= 15 is 0 Å². The van der Waals surface area contributed by atoms with Crippen LogP contribution in [0.15, 0.2) is 36.4 Å². The normalized spacial score (nSPS) is 11.1. The van der Waals surface area contributed by atoms with Gasteiger partial charge < -0.3 is 19.9 Å². The van der Waals surface area contributed by atoms with Crippen LogP contribution < -0.4 is 4.90 Å². The van der Waals surface area contributed by atoms with E-state index in [1.54, 1.807) is 24.3 Å². The summed E-state index contributed by atoms with van der Waals surface area (Å²) in [6.45, 7) is 0.703. The van der Waals surface area contributed by atoms with Gasteiger partial charge in [0, 0.05) is 18.7 Å². The fourth-order valence-electron chi connectivity index (χ4n) is 3.65. The highest BCUT2D eigenvalue weighted by Crippen LogP contribution is 2.19. The van der Waals surface area contributed by atoms with Gasteiger partial charge >= 0.3 is 5.97 Å². The van der Waals surface area contributed by atoms with Crippen molar-refractivity contribution in [3.8, 4) is 5.75 Å². The molecular weight excluding hydrogens is 390 g/mol. The minimum atomic E-state index is -0.837. The summed E-state index contributed by atoms with van der Waals surface area (Å²) in [5.41, 5.74) is 0.838. The van der Waals surface area contributed by atoms with Crippen molar-refractivity contribution in [2.24, 2.45) is 0 Å². The minimum absolute atomic E-state index is 0.0166. The topological polar surface area (TPSA) is 77.8 Å². The Morgan fingerprint density at radius 3 is 1.74 bits per heavy atom. The number of benzene rings is 1. The average Bonchev–Trinajstić information content (AvgIpc) is 2.75. The van der Waals surface area contributed by atoms with E-state index in [0.29, 0.717) is 6.42 Å². The molecule has 0 radical (unpaired) electrons. The first-order valence-corrected chi connectivity index (χ1v) is 12.0. The van der Waals surface area contributed by atoms with Gasteiger partial charge in [-0.3, -0.25) is 4.79 Å². The Bertz CT molecular complexity index is 612. The van der Waals surface area contributed by atoms with Gasteiger partial charge in [0.15, 0.2) is 0 Å². The van der Waals surface area contributed by atoms with E-state index in [0.717, 1.165) is 44.2 Å². The van der Waals surface area contributed by atoms with Crippen molar-refractivity contribution in [3.63, 3.8) is 0 Å². The molecule has 0 aliphatic heterocycles. The summed E-state index contributed by atoms with van der Waals surface area (Å²) in [4.78, 5) is 23.2. The molecule has 5 nitrogen and oxygen atoms in total. The predicted molar refractivity (Wildman–Crippen MR) is 128 cm³/mol. The van der Waals surface area contributed by atoms with E-state index in [1.807, 2.05) is 4.90 Å². The number of carboxylic acid groups (broad SMARTS) is 1. The first-order valence-electron chi connectivity index (χ1n) is 12.0. The summed E-state index contributed by atoms with van der Waals surface area (Å²) in [6.07, 6.45) is 21.6. The van der Waals surface area contributed by atoms with Crippen LogP contribution in [0.1, 0.15) is 89.9 Å². The van der Waals surface area contributed by atoms with Gasteiger partial charge in [0.2, 0.25) is 0 Å². The molecule has 1 aromatic carbocycles. The highest BCUT2D eigenvalue weighted by molar-refractivity contribution is 5.73. The van der Waals surface area contributed by atoms with E-state index in [2.05, 4.69) is 12.2 Å². The van der Waals surface area contributed by atoms with Crippen LogP contribution in [0, 0.1) is 0 Å². The molecule has 0 aliphatic carbocycles. The van der Waals surface area contributed by atoms with Crippen molar-refractivity contribution in [1.29, 1.82) is 0 Å². The minimum Gasteiger partial charge on any atom is -0.508 e. The average molecular weight is 432 g/mol. The van der Waals surface area contributed by atoms with E-state index in [-0.39, 0.29) is 12.3 Å². The molecule has 0 aliphatic rings.